The Kier molecular flexibility index (Phi) is 7.42. The molecule has 0 spiro atoms. The van der Waals surface area contributed by atoms with Crippen molar-refractivity contribution in [2.45, 2.75) is 32.8 Å². The van der Waals surface area contributed by atoms with Crippen LogP contribution in [-0.4, -0.2) is 37.4 Å². The van der Waals surface area contributed by atoms with E-state index in [0.29, 0.717) is 13.0 Å². The number of aliphatic hydroxyl groups excluding tert-OH is 1. The van der Waals surface area contributed by atoms with Crippen molar-refractivity contribution in [3.05, 3.63) is 0 Å². The lowest BCUT2D eigenvalue weighted by Gasteiger charge is -2.11. The molecular weight excluding hydrogens is 182 g/mol. The van der Waals surface area contributed by atoms with Crippen LogP contribution in [0.3, 0.4) is 0 Å². The molecular formula is C10H21NO3. The third kappa shape index (κ3) is 6.86. The quantitative estimate of drug-likeness (QED) is 0.635. The predicted octanol–water partition coefficient (Wildman–Crippen LogP) is 0.546. The van der Waals surface area contributed by atoms with Crippen LogP contribution >= 0.6 is 0 Å². The van der Waals surface area contributed by atoms with Gasteiger partial charge in [-0.3, -0.25) is 4.79 Å². The molecule has 0 aliphatic rings. The van der Waals surface area contributed by atoms with Crippen molar-refractivity contribution in [1.82, 2.24) is 5.32 Å². The van der Waals surface area contributed by atoms with Gasteiger partial charge < -0.3 is 15.2 Å². The number of methoxy groups -OCH3 is 1. The highest BCUT2D eigenvalue weighted by atomic mass is 16.5. The van der Waals surface area contributed by atoms with Crippen LogP contribution in [0.2, 0.25) is 0 Å². The van der Waals surface area contributed by atoms with E-state index in [2.05, 4.69) is 5.32 Å². The van der Waals surface area contributed by atoms with Crippen LogP contribution in [0, 0.1) is 5.92 Å². The van der Waals surface area contributed by atoms with Crippen molar-refractivity contribution in [3.8, 4) is 0 Å². The molecule has 84 valence electrons. The Hall–Kier alpha value is -0.610. The van der Waals surface area contributed by atoms with Gasteiger partial charge in [-0.15, -0.1) is 0 Å². The largest absolute Gasteiger partial charge is 0.396 e. The minimum absolute atomic E-state index is 0.0224. The molecule has 0 rings (SSSR count). The second-order valence-electron chi connectivity index (χ2n) is 3.68. The number of carbonyl (C=O) groups is 1. The molecule has 0 fully saturated rings. The highest BCUT2D eigenvalue weighted by molar-refractivity contribution is 5.75. The van der Waals surface area contributed by atoms with Crippen molar-refractivity contribution in [2.24, 2.45) is 5.92 Å². The topological polar surface area (TPSA) is 58.6 Å². The Morgan fingerprint density at radius 3 is 2.64 bits per heavy atom. The van der Waals surface area contributed by atoms with Gasteiger partial charge in [0.1, 0.15) is 0 Å². The monoisotopic (exact) mass is 203 g/mol. The summed E-state index contributed by atoms with van der Waals surface area (Å²) in [6.07, 6.45) is 1.33. The molecule has 1 amide bonds. The average Bonchev–Trinajstić information content (AvgIpc) is 2.22. The van der Waals surface area contributed by atoms with Crippen molar-refractivity contribution in [3.63, 3.8) is 0 Å². The summed E-state index contributed by atoms with van der Waals surface area (Å²) in [5.41, 5.74) is 0. The second-order valence-corrected chi connectivity index (χ2v) is 3.68. The highest BCUT2D eigenvalue weighted by Crippen LogP contribution is 1.99. The predicted molar refractivity (Wildman–Crippen MR) is 55.0 cm³/mol. The van der Waals surface area contributed by atoms with Gasteiger partial charge in [0.15, 0.2) is 0 Å². The Labute approximate surface area is 85.6 Å². The summed E-state index contributed by atoms with van der Waals surface area (Å²) < 4.78 is 5.03. The fourth-order valence-electron chi connectivity index (χ4n) is 0.893. The summed E-state index contributed by atoms with van der Waals surface area (Å²) in [6.45, 7) is 4.47. The van der Waals surface area contributed by atoms with Gasteiger partial charge in [-0.25, -0.2) is 0 Å². The van der Waals surface area contributed by atoms with Crippen molar-refractivity contribution in [2.75, 3.05) is 20.3 Å². The molecule has 0 saturated heterocycles. The molecule has 0 aromatic heterocycles. The van der Waals surface area contributed by atoms with Crippen molar-refractivity contribution in [1.29, 1.82) is 0 Å². The van der Waals surface area contributed by atoms with Crippen molar-refractivity contribution >= 4 is 5.91 Å². The molecule has 2 N–H and O–H groups in total. The minimum atomic E-state index is 0.0224. The molecule has 0 heterocycles. The molecule has 0 radical (unpaired) electrons. The van der Waals surface area contributed by atoms with Gasteiger partial charge in [0.25, 0.3) is 0 Å². The van der Waals surface area contributed by atoms with E-state index in [4.69, 9.17) is 9.84 Å². The smallest absolute Gasteiger partial charge is 0.220 e. The number of carbonyl (C=O) groups excluding carboxylic acids is 1. The number of hydrogen-bond acceptors (Lipinski definition) is 3. The number of amides is 1. The van der Waals surface area contributed by atoms with Gasteiger partial charge in [0, 0.05) is 26.7 Å². The van der Waals surface area contributed by atoms with Gasteiger partial charge in [0.05, 0.1) is 6.10 Å². The zero-order chi connectivity index (χ0) is 11.0. The third-order valence-electron chi connectivity index (χ3n) is 2.14. The first-order valence-electron chi connectivity index (χ1n) is 5.00. The Morgan fingerprint density at radius 2 is 2.14 bits per heavy atom. The minimum Gasteiger partial charge on any atom is -0.396 e. The van der Waals surface area contributed by atoms with Gasteiger partial charge >= 0.3 is 0 Å². The Bertz CT molecular complexity index is 145. The van der Waals surface area contributed by atoms with E-state index in [0.717, 1.165) is 6.42 Å². The normalized spacial score (nSPS) is 14.9. The first-order valence-corrected chi connectivity index (χ1v) is 5.00. The summed E-state index contributed by atoms with van der Waals surface area (Å²) in [6, 6.07) is 0. The lowest BCUT2D eigenvalue weighted by Crippen LogP contribution is -2.29. The zero-order valence-electron chi connectivity index (χ0n) is 9.25. The lowest BCUT2D eigenvalue weighted by molar-refractivity contribution is -0.121. The SMILES string of the molecule is COC(C)CCC(=O)NCC(C)CO. The molecule has 4 nitrogen and oxygen atoms in total. The van der Waals surface area contributed by atoms with Crippen LogP contribution in [0.1, 0.15) is 26.7 Å². The number of rotatable bonds is 7. The maximum Gasteiger partial charge on any atom is 0.220 e. The highest BCUT2D eigenvalue weighted by Gasteiger charge is 2.06. The first-order chi connectivity index (χ1) is 6.60. The molecule has 0 bridgehead atoms. The fourth-order valence-corrected chi connectivity index (χ4v) is 0.893. The second kappa shape index (κ2) is 7.76. The molecule has 0 aliphatic heterocycles. The van der Waals surface area contributed by atoms with Crippen LogP contribution in [0.25, 0.3) is 0 Å². The summed E-state index contributed by atoms with van der Waals surface area (Å²) in [5, 5.41) is 11.5. The fraction of sp³-hybridized carbons (Fsp3) is 0.900. The van der Waals surface area contributed by atoms with Gasteiger partial charge in [-0.05, 0) is 19.3 Å². The number of hydrogen-bond donors (Lipinski definition) is 2. The maximum atomic E-state index is 11.2. The van der Waals surface area contributed by atoms with Crippen LogP contribution in [0.15, 0.2) is 0 Å². The molecule has 0 aliphatic carbocycles. The van der Waals surface area contributed by atoms with Crippen molar-refractivity contribution < 1.29 is 14.6 Å². The van der Waals surface area contributed by atoms with Gasteiger partial charge in [-0.1, -0.05) is 6.92 Å². The van der Waals surface area contributed by atoms with E-state index >= 15 is 0 Å². The van der Waals surface area contributed by atoms with Gasteiger partial charge in [0.2, 0.25) is 5.91 Å². The summed E-state index contributed by atoms with van der Waals surface area (Å²) >= 11 is 0. The van der Waals surface area contributed by atoms with E-state index in [1.807, 2.05) is 13.8 Å². The molecule has 0 saturated carbocycles. The molecule has 2 unspecified atom stereocenters. The summed E-state index contributed by atoms with van der Waals surface area (Å²) in [5.74, 6) is 0.146. The summed E-state index contributed by atoms with van der Waals surface area (Å²) in [4.78, 5) is 11.2. The van der Waals surface area contributed by atoms with E-state index in [1.54, 1.807) is 7.11 Å². The molecule has 0 aromatic carbocycles. The maximum absolute atomic E-state index is 11.2. The molecule has 0 aromatic rings. The number of nitrogens with one attached hydrogen (secondary N) is 1. The number of aliphatic hydroxyl groups is 1. The average molecular weight is 203 g/mol. The van der Waals surface area contributed by atoms with E-state index in [1.165, 1.54) is 0 Å². The lowest BCUT2D eigenvalue weighted by atomic mass is 10.2. The standard InChI is InChI=1S/C10H21NO3/c1-8(7-12)6-11-10(13)5-4-9(2)14-3/h8-9,12H,4-7H2,1-3H3,(H,11,13). The van der Waals surface area contributed by atoms with E-state index < -0.39 is 0 Å². The third-order valence-corrected chi connectivity index (χ3v) is 2.14. The van der Waals surface area contributed by atoms with Crippen LogP contribution in [0.4, 0.5) is 0 Å². The van der Waals surface area contributed by atoms with E-state index in [-0.39, 0.29) is 24.5 Å². The Balaban J connectivity index is 3.46. The molecule has 4 heteroatoms. The van der Waals surface area contributed by atoms with E-state index in [9.17, 15) is 4.79 Å². The first kappa shape index (κ1) is 13.4. The van der Waals surface area contributed by atoms with Gasteiger partial charge in [-0.2, -0.15) is 0 Å². The van der Waals surface area contributed by atoms with Crippen LogP contribution in [-0.2, 0) is 9.53 Å². The summed E-state index contributed by atoms with van der Waals surface area (Å²) in [7, 11) is 1.64. The molecule has 2 atom stereocenters. The number of ether oxygens (including phenoxy) is 1. The molecule has 14 heavy (non-hydrogen) atoms. The zero-order valence-corrected chi connectivity index (χ0v) is 9.25. The van der Waals surface area contributed by atoms with Crippen LogP contribution < -0.4 is 5.32 Å². The van der Waals surface area contributed by atoms with Crippen LogP contribution in [0.5, 0.6) is 0 Å². The Morgan fingerprint density at radius 1 is 1.50 bits per heavy atom.